The second kappa shape index (κ2) is 4.45. The van der Waals surface area contributed by atoms with Crippen molar-refractivity contribution in [2.24, 2.45) is 5.73 Å². The number of rotatable bonds is 1. The van der Waals surface area contributed by atoms with Crippen molar-refractivity contribution in [2.75, 3.05) is 0 Å². The number of hydrogen-bond donors (Lipinski definition) is 1. The Morgan fingerprint density at radius 3 is 2.21 bits per heavy atom. The maximum atomic E-state index is 5.95. The minimum atomic E-state index is -1.29. The summed E-state index contributed by atoms with van der Waals surface area (Å²) >= 11 is 0. The highest BCUT2D eigenvalue weighted by Gasteiger charge is 2.08. The van der Waals surface area contributed by atoms with Gasteiger partial charge in [-0.2, -0.15) is 0 Å². The van der Waals surface area contributed by atoms with Crippen LogP contribution < -0.4 is 5.73 Å². The van der Waals surface area contributed by atoms with E-state index in [-0.39, 0.29) is 6.04 Å². The fourth-order valence-corrected chi connectivity index (χ4v) is 1.63. The van der Waals surface area contributed by atoms with Crippen molar-refractivity contribution < 1.29 is 0 Å². The molecule has 0 bridgehead atoms. The Morgan fingerprint density at radius 2 is 1.71 bits per heavy atom. The molecule has 0 radical (unpaired) electrons. The van der Waals surface area contributed by atoms with Crippen LogP contribution in [0.3, 0.4) is 0 Å². The molecule has 0 spiro atoms. The first-order chi connectivity index (χ1) is 6.49. The normalized spacial score (nSPS) is 12.9. The number of nitrogens with two attached hydrogens (primary N) is 1. The van der Waals surface area contributed by atoms with E-state index in [9.17, 15) is 0 Å². The topological polar surface area (TPSA) is 26.0 Å². The van der Waals surface area contributed by atoms with Crippen LogP contribution in [0, 0.1) is 11.5 Å². The first kappa shape index (κ1) is 11.0. The SMILES string of the molecule is C[Si](C)(C)C#CC(N)c1ccccc1. The van der Waals surface area contributed by atoms with Gasteiger partial charge in [0.05, 0.1) is 6.04 Å². The van der Waals surface area contributed by atoms with Gasteiger partial charge in [-0.05, 0) is 5.56 Å². The molecule has 0 fully saturated rings. The summed E-state index contributed by atoms with van der Waals surface area (Å²) in [5.41, 5.74) is 10.3. The largest absolute Gasteiger partial charge is 0.314 e. The smallest absolute Gasteiger partial charge is 0.129 e. The van der Waals surface area contributed by atoms with Crippen molar-refractivity contribution in [3.8, 4) is 11.5 Å². The van der Waals surface area contributed by atoms with Gasteiger partial charge in [0.1, 0.15) is 8.07 Å². The van der Waals surface area contributed by atoms with Crippen molar-refractivity contribution in [3.05, 3.63) is 35.9 Å². The summed E-state index contributed by atoms with van der Waals surface area (Å²) < 4.78 is 0. The molecule has 0 saturated heterocycles. The Kier molecular flexibility index (Phi) is 3.51. The zero-order valence-corrected chi connectivity index (χ0v) is 10.0. The van der Waals surface area contributed by atoms with Gasteiger partial charge in [0.25, 0.3) is 0 Å². The van der Waals surface area contributed by atoms with Crippen LogP contribution in [0.15, 0.2) is 30.3 Å². The van der Waals surface area contributed by atoms with Gasteiger partial charge in [0.15, 0.2) is 0 Å². The van der Waals surface area contributed by atoms with E-state index in [0.717, 1.165) is 5.56 Å². The Morgan fingerprint density at radius 1 is 1.14 bits per heavy atom. The molecule has 0 aliphatic heterocycles. The predicted octanol–water partition coefficient (Wildman–Crippen LogP) is 2.57. The zero-order chi connectivity index (χ0) is 10.6. The molecular formula is C12H17NSi. The average molecular weight is 203 g/mol. The van der Waals surface area contributed by atoms with Gasteiger partial charge < -0.3 is 5.73 Å². The Hall–Kier alpha value is -1.04. The maximum absolute atomic E-state index is 5.95. The molecular weight excluding hydrogens is 186 g/mol. The van der Waals surface area contributed by atoms with Crippen LogP contribution in [0.1, 0.15) is 11.6 Å². The molecule has 1 aromatic carbocycles. The summed E-state index contributed by atoms with van der Waals surface area (Å²) in [6.07, 6.45) is 0. The Balaban J connectivity index is 2.76. The van der Waals surface area contributed by atoms with Gasteiger partial charge in [-0.1, -0.05) is 55.9 Å². The summed E-state index contributed by atoms with van der Waals surface area (Å²) in [6, 6.07) is 9.87. The number of hydrogen-bond acceptors (Lipinski definition) is 1. The van der Waals surface area contributed by atoms with E-state index in [2.05, 4.69) is 31.1 Å². The van der Waals surface area contributed by atoms with Crippen LogP contribution in [0.25, 0.3) is 0 Å². The molecule has 1 unspecified atom stereocenters. The third-order valence-electron chi connectivity index (χ3n) is 1.76. The van der Waals surface area contributed by atoms with Crippen molar-refractivity contribution >= 4 is 8.07 Å². The van der Waals surface area contributed by atoms with Crippen molar-refractivity contribution in [1.82, 2.24) is 0 Å². The second-order valence-corrected chi connectivity index (χ2v) is 9.16. The van der Waals surface area contributed by atoms with E-state index in [1.54, 1.807) is 0 Å². The van der Waals surface area contributed by atoms with Gasteiger partial charge in [-0.25, -0.2) is 0 Å². The lowest BCUT2D eigenvalue weighted by Gasteiger charge is -2.07. The molecule has 0 aliphatic carbocycles. The van der Waals surface area contributed by atoms with E-state index in [0.29, 0.717) is 0 Å². The van der Waals surface area contributed by atoms with E-state index in [1.165, 1.54) is 0 Å². The highest BCUT2D eigenvalue weighted by Crippen LogP contribution is 2.08. The van der Waals surface area contributed by atoms with Crippen LogP contribution in [0.2, 0.25) is 19.6 Å². The highest BCUT2D eigenvalue weighted by atomic mass is 28.3. The van der Waals surface area contributed by atoms with Crippen molar-refractivity contribution in [3.63, 3.8) is 0 Å². The van der Waals surface area contributed by atoms with Crippen molar-refractivity contribution in [2.45, 2.75) is 25.7 Å². The molecule has 2 heteroatoms. The molecule has 1 atom stereocenters. The molecule has 1 nitrogen and oxygen atoms in total. The summed E-state index contributed by atoms with van der Waals surface area (Å²) in [7, 11) is -1.29. The molecule has 2 N–H and O–H groups in total. The average Bonchev–Trinajstić information content (AvgIpc) is 2.14. The predicted molar refractivity (Wildman–Crippen MR) is 64.5 cm³/mol. The molecule has 0 aliphatic rings. The first-order valence-electron chi connectivity index (χ1n) is 4.82. The van der Waals surface area contributed by atoms with E-state index in [4.69, 9.17) is 5.73 Å². The molecule has 0 heterocycles. The zero-order valence-electron chi connectivity index (χ0n) is 9.04. The summed E-state index contributed by atoms with van der Waals surface area (Å²) in [4.78, 5) is 0. The van der Waals surface area contributed by atoms with Crippen LogP contribution in [-0.2, 0) is 0 Å². The fraction of sp³-hybridized carbons (Fsp3) is 0.333. The highest BCUT2D eigenvalue weighted by molar-refractivity contribution is 6.83. The van der Waals surface area contributed by atoms with E-state index in [1.807, 2.05) is 30.3 Å². The third kappa shape index (κ3) is 3.78. The molecule has 0 saturated carbocycles. The third-order valence-corrected chi connectivity index (χ3v) is 2.66. The summed E-state index contributed by atoms with van der Waals surface area (Å²) in [6.45, 7) is 6.66. The number of benzene rings is 1. The van der Waals surface area contributed by atoms with Crippen LogP contribution in [0.4, 0.5) is 0 Å². The van der Waals surface area contributed by atoms with E-state index < -0.39 is 8.07 Å². The summed E-state index contributed by atoms with van der Waals surface area (Å²) in [5, 5.41) is 0. The van der Waals surface area contributed by atoms with Gasteiger partial charge >= 0.3 is 0 Å². The van der Waals surface area contributed by atoms with Gasteiger partial charge in [0.2, 0.25) is 0 Å². The van der Waals surface area contributed by atoms with Crippen LogP contribution in [0.5, 0.6) is 0 Å². The van der Waals surface area contributed by atoms with Crippen LogP contribution >= 0.6 is 0 Å². The van der Waals surface area contributed by atoms with Gasteiger partial charge in [0, 0.05) is 0 Å². The lowest BCUT2D eigenvalue weighted by atomic mass is 10.1. The second-order valence-electron chi connectivity index (χ2n) is 4.41. The molecule has 0 aromatic heterocycles. The van der Waals surface area contributed by atoms with E-state index >= 15 is 0 Å². The lowest BCUT2D eigenvalue weighted by Crippen LogP contribution is -2.18. The van der Waals surface area contributed by atoms with Crippen molar-refractivity contribution in [1.29, 1.82) is 0 Å². The monoisotopic (exact) mass is 203 g/mol. The lowest BCUT2D eigenvalue weighted by molar-refractivity contribution is 0.946. The minimum absolute atomic E-state index is 0.136. The Labute approximate surface area is 87.3 Å². The molecule has 14 heavy (non-hydrogen) atoms. The first-order valence-corrected chi connectivity index (χ1v) is 8.32. The quantitative estimate of drug-likeness (QED) is 0.551. The molecule has 1 aromatic rings. The van der Waals surface area contributed by atoms with Crippen LogP contribution in [-0.4, -0.2) is 8.07 Å². The standard InChI is InChI=1S/C12H17NSi/c1-14(2,3)10-9-12(13)11-7-5-4-6-8-11/h4-8,12H,13H2,1-3H3. The van der Waals surface area contributed by atoms with Gasteiger partial charge in [-0.3, -0.25) is 0 Å². The molecule has 74 valence electrons. The van der Waals surface area contributed by atoms with Gasteiger partial charge in [-0.15, -0.1) is 5.54 Å². The Bertz CT molecular complexity index is 340. The maximum Gasteiger partial charge on any atom is 0.129 e. The summed E-state index contributed by atoms with van der Waals surface area (Å²) in [5.74, 6) is 3.13. The minimum Gasteiger partial charge on any atom is -0.314 e. The fourth-order valence-electron chi connectivity index (χ4n) is 1.04. The molecule has 1 rings (SSSR count). The molecule has 0 amide bonds.